The first kappa shape index (κ1) is 19.8. The van der Waals surface area contributed by atoms with Gasteiger partial charge in [0.05, 0.1) is 10.4 Å². The summed E-state index contributed by atoms with van der Waals surface area (Å²) in [6.07, 6.45) is 1.00. The second kappa shape index (κ2) is 6.95. The third-order valence-electron chi connectivity index (χ3n) is 6.18. The number of nitrogens with zero attached hydrogens (tertiary/aromatic N) is 2. The van der Waals surface area contributed by atoms with Crippen molar-refractivity contribution in [3.8, 4) is 17.6 Å². The zero-order valence-electron chi connectivity index (χ0n) is 16.6. The molecule has 0 spiro atoms. The molecular formula is C22H19ClFN3O4. The van der Waals surface area contributed by atoms with E-state index in [2.05, 4.69) is 10.2 Å². The molecule has 0 aliphatic heterocycles. The van der Waals surface area contributed by atoms with Gasteiger partial charge in [0.1, 0.15) is 17.3 Å². The number of hydrogen-bond donors (Lipinski definition) is 1. The topological polar surface area (TPSA) is 100 Å². The van der Waals surface area contributed by atoms with Crippen LogP contribution in [0, 0.1) is 18.2 Å². The summed E-state index contributed by atoms with van der Waals surface area (Å²) in [5, 5.41) is 8.13. The Morgan fingerprint density at radius 1 is 1.23 bits per heavy atom. The molecule has 7 nitrogen and oxygen atoms in total. The number of halogens is 2. The fraction of sp³-hybridized carbons (Fsp3) is 0.318. The second-order valence-electron chi connectivity index (χ2n) is 8.39. The van der Waals surface area contributed by atoms with Gasteiger partial charge in [-0.15, -0.1) is 5.10 Å². The van der Waals surface area contributed by atoms with Crippen molar-refractivity contribution < 1.29 is 23.1 Å². The molecule has 1 atom stereocenters. The summed E-state index contributed by atoms with van der Waals surface area (Å²) in [5.74, 6) is 0.0975. The highest BCUT2D eigenvalue weighted by atomic mass is 35.5. The highest BCUT2D eigenvalue weighted by Crippen LogP contribution is 2.75. The molecule has 2 N–H and O–H groups in total. The minimum atomic E-state index is -0.888. The molecule has 3 aliphatic carbocycles. The van der Waals surface area contributed by atoms with E-state index in [0.717, 1.165) is 11.6 Å². The quantitative estimate of drug-likeness (QED) is 0.583. The van der Waals surface area contributed by atoms with Crippen LogP contribution in [0.1, 0.15) is 30.7 Å². The number of para-hydroxylation sites is 1. The van der Waals surface area contributed by atoms with Crippen molar-refractivity contribution in [2.45, 2.75) is 37.7 Å². The molecule has 2 bridgehead atoms. The van der Waals surface area contributed by atoms with Crippen LogP contribution in [0.2, 0.25) is 5.02 Å². The van der Waals surface area contributed by atoms with Gasteiger partial charge in [0.2, 0.25) is 5.89 Å². The Labute approximate surface area is 182 Å². The van der Waals surface area contributed by atoms with Crippen molar-refractivity contribution in [3.05, 3.63) is 64.8 Å². The third-order valence-corrected chi connectivity index (χ3v) is 6.49. The highest BCUT2D eigenvalue weighted by molar-refractivity contribution is 6.30. The number of nitrogens with two attached hydrogens (primary N) is 1. The minimum Gasteiger partial charge on any atom is -0.480 e. The number of primary amides is 1. The predicted octanol–water partition coefficient (Wildman–Crippen LogP) is 4.32. The first-order valence-electron chi connectivity index (χ1n) is 9.79. The Bertz CT molecular complexity index is 1160. The number of carbonyl (C=O) groups is 1. The van der Waals surface area contributed by atoms with Crippen LogP contribution in [0.25, 0.3) is 0 Å². The molecule has 6 rings (SSSR count). The van der Waals surface area contributed by atoms with Gasteiger partial charge in [0.15, 0.2) is 6.10 Å². The standard InChI is InChI=1S/C22H19ClFN3O4/c1-12-4-2-3-5-16(12)30-20-27-26-19(31-20)22-9-21(10-22,11-22)17(18(25)28)29-13-6-7-14(23)15(24)8-13/h2-8,17H,9-11H2,1H3,(H2,25,28). The van der Waals surface area contributed by atoms with Gasteiger partial charge in [0, 0.05) is 11.5 Å². The number of benzene rings is 2. The zero-order chi connectivity index (χ0) is 21.8. The van der Waals surface area contributed by atoms with Crippen LogP contribution >= 0.6 is 11.6 Å². The lowest BCUT2D eigenvalue weighted by molar-refractivity contribution is -0.208. The normalized spacial score (nSPS) is 24.6. The van der Waals surface area contributed by atoms with Crippen molar-refractivity contribution >= 4 is 17.5 Å². The van der Waals surface area contributed by atoms with Crippen LogP contribution in [-0.2, 0) is 10.2 Å². The van der Waals surface area contributed by atoms with Crippen molar-refractivity contribution in [2.75, 3.05) is 0 Å². The number of ether oxygens (including phenoxy) is 2. The Kier molecular flexibility index (Phi) is 4.44. The second-order valence-corrected chi connectivity index (χ2v) is 8.80. The zero-order valence-corrected chi connectivity index (χ0v) is 17.4. The summed E-state index contributed by atoms with van der Waals surface area (Å²) in [7, 11) is 0. The Morgan fingerprint density at radius 2 is 1.97 bits per heavy atom. The molecule has 3 aliphatic rings. The van der Waals surface area contributed by atoms with Crippen molar-refractivity contribution in [1.82, 2.24) is 10.2 Å². The van der Waals surface area contributed by atoms with E-state index in [0.29, 0.717) is 30.9 Å². The fourth-order valence-electron chi connectivity index (χ4n) is 4.77. The Morgan fingerprint density at radius 3 is 2.65 bits per heavy atom. The molecule has 160 valence electrons. The molecule has 2 aromatic carbocycles. The molecule has 3 saturated carbocycles. The maximum absolute atomic E-state index is 13.7. The molecule has 1 unspecified atom stereocenters. The molecule has 0 radical (unpaired) electrons. The van der Waals surface area contributed by atoms with Gasteiger partial charge in [-0.05, 0) is 49.9 Å². The fourth-order valence-corrected chi connectivity index (χ4v) is 4.89. The number of amides is 1. The van der Waals surface area contributed by atoms with Crippen LogP contribution in [0.3, 0.4) is 0 Å². The van der Waals surface area contributed by atoms with Gasteiger partial charge >= 0.3 is 6.08 Å². The van der Waals surface area contributed by atoms with Crippen LogP contribution in [0.5, 0.6) is 17.6 Å². The maximum Gasteiger partial charge on any atom is 0.420 e. The smallest absolute Gasteiger partial charge is 0.420 e. The molecular weight excluding hydrogens is 425 g/mol. The van der Waals surface area contributed by atoms with E-state index in [9.17, 15) is 9.18 Å². The lowest BCUT2D eigenvalue weighted by Crippen LogP contribution is -2.72. The largest absolute Gasteiger partial charge is 0.480 e. The molecule has 1 heterocycles. The monoisotopic (exact) mass is 443 g/mol. The van der Waals surface area contributed by atoms with Crippen LogP contribution in [-0.4, -0.2) is 22.2 Å². The average Bonchev–Trinajstić information content (AvgIpc) is 3.12. The van der Waals surface area contributed by atoms with E-state index in [1.807, 2.05) is 31.2 Å². The summed E-state index contributed by atoms with van der Waals surface area (Å²) in [6.45, 7) is 1.92. The van der Waals surface area contributed by atoms with Gasteiger partial charge in [-0.2, -0.15) is 0 Å². The molecule has 3 fully saturated rings. The van der Waals surface area contributed by atoms with E-state index in [1.165, 1.54) is 12.1 Å². The first-order chi connectivity index (χ1) is 14.8. The number of rotatable bonds is 7. The molecule has 3 aromatic rings. The summed E-state index contributed by atoms with van der Waals surface area (Å²) >= 11 is 5.71. The van der Waals surface area contributed by atoms with E-state index in [4.69, 9.17) is 31.2 Å². The van der Waals surface area contributed by atoms with Crippen molar-refractivity contribution in [2.24, 2.45) is 11.1 Å². The van der Waals surface area contributed by atoms with Gasteiger partial charge in [-0.1, -0.05) is 34.9 Å². The third kappa shape index (κ3) is 3.22. The Balaban J connectivity index is 1.28. The van der Waals surface area contributed by atoms with Gasteiger partial charge < -0.3 is 19.6 Å². The number of hydrogen-bond acceptors (Lipinski definition) is 6. The van der Waals surface area contributed by atoms with E-state index in [1.54, 1.807) is 0 Å². The molecule has 1 aromatic heterocycles. The van der Waals surface area contributed by atoms with Crippen LogP contribution in [0.4, 0.5) is 4.39 Å². The van der Waals surface area contributed by atoms with Gasteiger partial charge in [-0.3, -0.25) is 4.79 Å². The summed E-state index contributed by atoms with van der Waals surface area (Å²) < 4.78 is 31.0. The van der Waals surface area contributed by atoms with Crippen LogP contribution < -0.4 is 15.2 Å². The lowest BCUT2D eigenvalue weighted by atomic mass is 9.33. The summed E-state index contributed by atoms with van der Waals surface area (Å²) in [6, 6.07) is 11.6. The molecule has 0 saturated heterocycles. The SMILES string of the molecule is Cc1ccccc1Oc1nnc(C23CC(C(Oc4ccc(Cl)c(F)c4)C(N)=O)(C2)C3)o1. The van der Waals surface area contributed by atoms with Crippen molar-refractivity contribution in [1.29, 1.82) is 0 Å². The van der Waals surface area contributed by atoms with Crippen molar-refractivity contribution in [3.63, 3.8) is 0 Å². The van der Waals surface area contributed by atoms with Gasteiger partial charge in [-0.25, -0.2) is 4.39 Å². The van der Waals surface area contributed by atoms with E-state index >= 15 is 0 Å². The van der Waals surface area contributed by atoms with Gasteiger partial charge in [0.25, 0.3) is 5.91 Å². The molecule has 31 heavy (non-hydrogen) atoms. The van der Waals surface area contributed by atoms with E-state index in [-0.39, 0.29) is 22.3 Å². The van der Waals surface area contributed by atoms with E-state index < -0.39 is 23.2 Å². The molecule has 9 heteroatoms. The average molecular weight is 444 g/mol. The minimum absolute atomic E-state index is 0.0208. The maximum atomic E-state index is 13.7. The molecule has 1 amide bonds. The number of aryl methyl sites for hydroxylation is 1. The number of aromatic nitrogens is 2. The van der Waals surface area contributed by atoms with Crippen LogP contribution in [0.15, 0.2) is 46.9 Å². The predicted molar refractivity (Wildman–Crippen MR) is 109 cm³/mol. The summed E-state index contributed by atoms with van der Waals surface area (Å²) in [4.78, 5) is 12.1. The summed E-state index contributed by atoms with van der Waals surface area (Å²) in [5.41, 5.74) is 5.80. The Hall–Kier alpha value is -3.13. The highest BCUT2D eigenvalue weighted by Gasteiger charge is 2.75. The number of carbonyl (C=O) groups excluding carboxylic acids is 1. The first-order valence-corrected chi connectivity index (χ1v) is 10.2. The lowest BCUT2D eigenvalue weighted by Gasteiger charge is -2.69.